The van der Waals surface area contributed by atoms with Gasteiger partial charge in [0, 0.05) is 12.1 Å². The van der Waals surface area contributed by atoms with E-state index in [9.17, 15) is 9.18 Å². The molecule has 2 aromatic carbocycles. The first-order valence-corrected chi connectivity index (χ1v) is 9.12. The summed E-state index contributed by atoms with van der Waals surface area (Å²) in [4.78, 5) is 12.3. The van der Waals surface area contributed by atoms with Crippen molar-refractivity contribution in [3.05, 3.63) is 70.6 Å². The van der Waals surface area contributed by atoms with Crippen molar-refractivity contribution in [1.29, 1.82) is 0 Å². The van der Waals surface area contributed by atoms with Gasteiger partial charge < -0.3 is 10.1 Å². The van der Waals surface area contributed by atoms with Crippen LogP contribution in [-0.2, 0) is 6.54 Å². The number of amides is 1. The average molecular weight is 401 g/mol. The molecule has 0 bridgehead atoms. The van der Waals surface area contributed by atoms with Crippen LogP contribution in [0.15, 0.2) is 48.5 Å². The smallest absolute Gasteiger partial charge is 0.269 e. The third kappa shape index (κ3) is 3.58. The van der Waals surface area contributed by atoms with E-state index in [0.29, 0.717) is 24.5 Å². The zero-order chi connectivity index (χ0) is 19.7. The molecule has 3 aromatic rings. The van der Waals surface area contributed by atoms with Crippen molar-refractivity contribution in [1.82, 2.24) is 20.4 Å². The molecule has 0 radical (unpaired) electrons. The van der Waals surface area contributed by atoms with Gasteiger partial charge in [-0.05, 0) is 35.9 Å². The average Bonchev–Trinajstić information content (AvgIpc) is 3.17. The first-order chi connectivity index (χ1) is 13.5. The molecule has 0 aliphatic carbocycles. The highest BCUT2D eigenvalue weighted by atomic mass is 35.5. The number of nitrogens with one attached hydrogen (secondary N) is 2. The van der Waals surface area contributed by atoms with E-state index < -0.39 is 5.82 Å². The number of methoxy groups -OCH3 is 1. The summed E-state index contributed by atoms with van der Waals surface area (Å²) in [5.74, 6) is 0.0907. The zero-order valence-corrected chi connectivity index (χ0v) is 15.8. The Morgan fingerprint density at radius 2 is 2.18 bits per heavy atom. The maximum absolute atomic E-state index is 13.3. The lowest BCUT2D eigenvalue weighted by Gasteiger charge is -2.25. The van der Waals surface area contributed by atoms with E-state index >= 15 is 0 Å². The quantitative estimate of drug-likeness (QED) is 0.689. The number of halogens is 2. The number of carbonyl (C=O) groups excluding carboxylic acids is 1. The van der Waals surface area contributed by atoms with Gasteiger partial charge in [0.05, 0.1) is 24.4 Å². The van der Waals surface area contributed by atoms with Crippen molar-refractivity contribution in [2.75, 3.05) is 13.7 Å². The number of aromatic nitrogens is 2. The van der Waals surface area contributed by atoms with Crippen LogP contribution in [0.1, 0.15) is 22.2 Å². The molecule has 4 rings (SSSR count). The Bertz CT molecular complexity index is 1040. The fourth-order valence-electron chi connectivity index (χ4n) is 3.14. The van der Waals surface area contributed by atoms with E-state index in [1.54, 1.807) is 30.0 Å². The highest BCUT2D eigenvalue weighted by Gasteiger charge is 2.27. The molecule has 1 aromatic heterocycles. The maximum Gasteiger partial charge on any atom is 0.269 e. The Labute approximate surface area is 166 Å². The summed E-state index contributed by atoms with van der Waals surface area (Å²) in [7, 11) is 1.60. The Morgan fingerprint density at radius 3 is 2.96 bits per heavy atom. The molecule has 6 nitrogen and oxygen atoms in total. The molecule has 8 heteroatoms. The van der Waals surface area contributed by atoms with Gasteiger partial charge in [-0.25, -0.2) is 9.07 Å². The maximum atomic E-state index is 13.3. The largest absolute Gasteiger partial charge is 0.497 e. The predicted octanol–water partition coefficient (Wildman–Crippen LogP) is 3.38. The van der Waals surface area contributed by atoms with Gasteiger partial charge in [0.15, 0.2) is 0 Å². The van der Waals surface area contributed by atoms with Crippen molar-refractivity contribution in [2.24, 2.45) is 0 Å². The van der Waals surface area contributed by atoms with E-state index in [1.807, 2.05) is 24.3 Å². The van der Waals surface area contributed by atoms with Crippen LogP contribution in [0.3, 0.4) is 0 Å². The second-order valence-electron chi connectivity index (χ2n) is 6.45. The standard InChI is InChI=1S/C20H18ClFN4O2/c1-28-14-4-2-3-13(8-14)17-9-18-20(27)24-11-19(26(18)25-17)23-10-12-5-6-16(22)15(21)7-12/h2-9,19,23H,10-11H2,1H3,(H,24,27)/t19-/m0/s1. The van der Waals surface area contributed by atoms with E-state index in [4.69, 9.17) is 16.3 Å². The molecule has 0 unspecified atom stereocenters. The monoisotopic (exact) mass is 400 g/mol. The number of fused-ring (bicyclic) bond motifs is 1. The van der Waals surface area contributed by atoms with Gasteiger partial charge in [-0.1, -0.05) is 29.8 Å². The van der Waals surface area contributed by atoms with Gasteiger partial charge in [-0.2, -0.15) is 5.10 Å². The lowest BCUT2D eigenvalue weighted by Crippen LogP contribution is -2.45. The van der Waals surface area contributed by atoms with E-state index in [2.05, 4.69) is 15.7 Å². The molecular weight excluding hydrogens is 383 g/mol. The van der Waals surface area contributed by atoms with Crippen LogP contribution in [0.4, 0.5) is 4.39 Å². The van der Waals surface area contributed by atoms with E-state index in [-0.39, 0.29) is 17.1 Å². The van der Waals surface area contributed by atoms with Crippen molar-refractivity contribution >= 4 is 17.5 Å². The number of rotatable bonds is 5. The molecule has 0 saturated carbocycles. The Morgan fingerprint density at radius 1 is 1.32 bits per heavy atom. The van der Waals surface area contributed by atoms with Crippen molar-refractivity contribution in [2.45, 2.75) is 12.7 Å². The number of hydrogen-bond acceptors (Lipinski definition) is 4. The summed E-state index contributed by atoms with van der Waals surface area (Å²) in [6.07, 6.45) is -0.240. The molecule has 0 saturated heterocycles. The summed E-state index contributed by atoms with van der Waals surface area (Å²) in [5.41, 5.74) is 2.85. The summed E-state index contributed by atoms with van der Waals surface area (Å²) < 4.78 is 20.3. The normalized spacial score (nSPS) is 15.8. The predicted molar refractivity (Wildman–Crippen MR) is 104 cm³/mol. The first kappa shape index (κ1) is 18.5. The molecule has 144 valence electrons. The van der Waals surface area contributed by atoms with Gasteiger partial charge in [-0.15, -0.1) is 0 Å². The van der Waals surface area contributed by atoms with Gasteiger partial charge >= 0.3 is 0 Å². The zero-order valence-electron chi connectivity index (χ0n) is 15.1. The third-order valence-corrected chi connectivity index (χ3v) is 4.90. The van der Waals surface area contributed by atoms with Crippen LogP contribution in [0.5, 0.6) is 5.75 Å². The molecule has 2 N–H and O–H groups in total. The van der Waals surface area contributed by atoms with E-state index in [1.165, 1.54) is 6.07 Å². The van der Waals surface area contributed by atoms with Gasteiger partial charge in [-0.3, -0.25) is 10.1 Å². The van der Waals surface area contributed by atoms with Gasteiger partial charge in [0.1, 0.15) is 23.4 Å². The van der Waals surface area contributed by atoms with Gasteiger partial charge in [0.2, 0.25) is 0 Å². The minimum Gasteiger partial charge on any atom is -0.497 e. The number of benzene rings is 2. The number of carbonyl (C=O) groups is 1. The fourth-order valence-corrected chi connectivity index (χ4v) is 3.34. The third-order valence-electron chi connectivity index (χ3n) is 4.61. The van der Waals surface area contributed by atoms with Crippen LogP contribution >= 0.6 is 11.6 Å². The SMILES string of the molecule is COc1cccc(-c2cc3n(n2)[C@H](NCc2ccc(F)c(Cl)c2)CNC3=O)c1. The summed E-state index contributed by atoms with van der Waals surface area (Å²) in [5, 5.41) is 10.9. The molecular formula is C20H18ClFN4O2. The number of ether oxygens (including phenoxy) is 1. The topological polar surface area (TPSA) is 68.2 Å². The van der Waals surface area contributed by atoms with Crippen LogP contribution in [0.2, 0.25) is 5.02 Å². The molecule has 1 atom stereocenters. The van der Waals surface area contributed by atoms with Crippen LogP contribution in [-0.4, -0.2) is 29.3 Å². The molecule has 1 amide bonds. The fraction of sp³-hybridized carbons (Fsp3) is 0.200. The molecule has 28 heavy (non-hydrogen) atoms. The minimum atomic E-state index is -0.451. The molecule has 1 aliphatic rings. The lowest BCUT2D eigenvalue weighted by atomic mass is 10.1. The van der Waals surface area contributed by atoms with Gasteiger partial charge in [0.25, 0.3) is 5.91 Å². The number of hydrogen-bond donors (Lipinski definition) is 2. The Balaban J connectivity index is 1.59. The first-order valence-electron chi connectivity index (χ1n) is 8.74. The molecule has 2 heterocycles. The van der Waals surface area contributed by atoms with Crippen molar-refractivity contribution < 1.29 is 13.9 Å². The lowest BCUT2D eigenvalue weighted by molar-refractivity contribution is 0.0900. The summed E-state index contributed by atoms with van der Waals surface area (Å²) in [6, 6.07) is 13.9. The minimum absolute atomic E-state index is 0.0799. The summed E-state index contributed by atoms with van der Waals surface area (Å²) >= 11 is 5.84. The highest BCUT2D eigenvalue weighted by Crippen LogP contribution is 2.26. The second-order valence-corrected chi connectivity index (χ2v) is 6.85. The molecule has 0 fully saturated rings. The molecule has 0 spiro atoms. The molecule has 1 aliphatic heterocycles. The van der Waals surface area contributed by atoms with Crippen LogP contribution in [0, 0.1) is 5.82 Å². The van der Waals surface area contributed by atoms with Crippen molar-refractivity contribution in [3.8, 4) is 17.0 Å². The summed E-state index contributed by atoms with van der Waals surface area (Å²) in [6.45, 7) is 0.842. The second kappa shape index (κ2) is 7.61. The Kier molecular flexibility index (Phi) is 5.02. The van der Waals surface area contributed by atoms with Crippen molar-refractivity contribution in [3.63, 3.8) is 0 Å². The number of nitrogens with zero attached hydrogens (tertiary/aromatic N) is 2. The highest BCUT2D eigenvalue weighted by molar-refractivity contribution is 6.30. The Hall–Kier alpha value is -2.90. The van der Waals surface area contributed by atoms with Crippen LogP contribution < -0.4 is 15.4 Å². The van der Waals surface area contributed by atoms with E-state index in [0.717, 1.165) is 16.9 Å². The van der Waals surface area contributed by atoms with Crippen LogP contribution in [0.25, 0.3) is 11.3 Å².